The lowest BCUT2D eigenvalue weighted by Gasteiger charge is -2.04. The van der Waals surface area contributed by atoms with Crippen LogP contribution in [0.1, 0.15) is 5.56 Å². The summed E-state index contributed by atoms with van der Waals surface area (Å²) in [5.41, 5.74) is 3.06. The summed E-state index contributed by atoms with van der Waals surface area (Å²) in [6.45, 7) is 2.05. The number of hydrogen-bond acceptors (Lipinski definition) is 2. The monoisotopic (exact) mass is 254 g/mol. The van der Waals surface area contributed by atoms with E-state index in [4.69, 9.17) is 11.6 Å². The molecule has 1 heterocycles. The number of halogens is 1. The molecule has 2 nitrogen and oxygen atoms in total. The first-order valence-corrected chi connectivity index (χ1v) is 6.11. The lowest BCUT2D eigenvalue weighted by molar-refractivity contribution is 1.22. The first-order valence-electron chi connectivity index (χ1n) is 5.73. The molecule has 0 fully saturated rings. The number of rotatable bonds is 1. The van der Waals surface area contributed by atoms with Crippen molar-refractivity contribution < 1.29 is 0 Å². The minimum Gasteiger partial charge on any atom is -0.228 e. The van der Waals surface area contributed by atoms with E-state index >= 15 is 0 Å². The summed E-state index contributed by atoms with van der Waals surface area (Å²) in [5.74, 6) is 0.665. The summed E-state index contributed by atoms with van der Waals surface area (Å²) in [7, 11) is 0. The van der Waals surface area contributed by atoms with Crippen LogP contribution in [0.15, 0.2) is 48.5 Å². The zero-order chi connectivity index (χ0) is 12.5. The molecule has 0 aliphatic carbocycles. The van der Waals surface area contributed by atoms with Gasteiger partial charge in [-0.05, 0) is 19.1 Å². The van der Waals surface area contributed by atoms with Crippen molar-refractivity contribution in [3.8, 4) is 11.4 Å². The number of benzene rings is 2. The average molecular weight is 255 g/mol. The first kappa shape index (κ1) is 11.2. The number of para-hydroxylation sites is 1. The molecule has 0 aliphatic heterocycles. The Kier molecular flexibility index (Phi) is 2.73. The molecular formula is C15H11ClN2. The summed E-state index contributed by atoms with van der Waals surface area (Å²) < 4.78 is 0. The molecule has 0 saturated carbocycles. The van der Waals surface area contributed by atoms with Crippen molar-refractivity contribution >= 4 is 22.5 Å². The Bertz CT molecular complexity index is 705. The van der Waals surface area contributed by atoms with Gasteiger partial charge in [-0.1, -0.05) is 53.6 Å². The van der Waals surface area contributed by atoms with Crippen molar-refractivity contribution in [3.63, 3.8) is 0 Å². The molecule has 0 bridgehead atoms. The van der Waals surface area contributed by atoms with Gasteiger partial charge in [0.2, 0.25) is 0 Å². The molecule has 0 atom stereocenters. The third-order valence-electron chi connectivity index (χ3n) is 2.87. The molecule has 2 aromatic carbocycles. The van der Waals surface area contributed by atoms with E-state index in [1.54, 1.807) is 0 Å². The molecule has 3 aromatic rings. The Balaban J connectivity index is 2.21. The fourth-order valence-corrected chi connectivity index (χ4v) is 2.11. The molecule has 0 unspecified atom stereocenters. The molecule has 3 heteroatoms. The highest BCUT2D eigenvalue weighted by Gasteiger charge is 2.06. The molecule has 3 rings (SSSR count). The minimum atomic E-state index is 0.496. The predicted octanol–water partition coefficient (Wildman–Crippen LogP) is 4.26. The van der Waals surface area contributed by atoms with Crippen LogP contribution in [-0.2, 0) is 0 Å². The van der Waals surface area contributed by atoms with Crippen LogP contribution in [0.5, 0.6) is 0 Å². The van der Waals surface area contributed by atoms with E-state index in [2.05, 4.69) is 16.9 Å². The second kappa shape index (κ2) is 4.39. The Labute approximate surface area is 110 Å². The minimum absolute atomic E-state index is 0.496. The van der Waals surface area contributed by atoms with Gasteiger partial charge in [-0.3, -0.25) is 0 Å². The summed E-state index contributed by atoms with van der Waals surface area (Å²) in [6, 6.07) is 15.9. The van der Waals surface area contributed by atoms with Gasteiger partial charge in [0.15, 0.2) is 5.82 Å². The average Bonchev–Trinajstić information content (AvgIpc) is 2.39. The highest BCUT2D eigenvalue weighted by molar-refractivity contribution is 6.34. The molecule has 0 saturated heterocycles. The Hall–Kier alpha value is -1.93. The van der Waals surface area contributed by atoms with E-state index in [0.29, 0.717) is 11.0 Å². The molecule has 0 amide bonds. The van der Waals surface area contributed by atoms with Crippen molar-refractivity contribution in [2.45, 2.75) is 6.92 Å². The zero-order valence-electron chi connectivity index (χ0n) is 9.89. The van der Waals surface area contributed by atoms with Gasteiger partial charge in [-0.25, -0.2) is 9.97 Å². The van der Waals surface area contributed by atoms with E-state index in [1.165, 1.54) is 5.56 Å². The molecule has 0 radical (unpaired) electrons. The molecule has 88 valence electrons. The van der Waals surface area contributed by atoms with Gasteiger partial charge < -0.3 is 0 Å². The second-order valence-electron chi connectivity index (χ2n) is 4.22. The zero-order valence-corrected chi connectivity index (χ0v) is 10.6. The Morgan fingerprint density at radius 2 is 1.61 bits per heavy atom. The van der Waals surface area contributed by atoms with Crippen molar-refractivity contribution in [2.75, 3.05) is 0 Å². The van der Waals surface area contributed by atoms with Crippen LogP contribution in [0.2, 0.25) is 5.15 Å². The van der Waals surface area contributed by atoms with Gasteiger partial charge in [-0.2, -0.15) is 0 Å². The maximum Gasteiger partial charge on any atom is 0.161 e. The number of aromatic nitrogens is 2. The summed E-state index contributed by atoms with van der Waals surface area (Å²) >= 11 is 6.19. The third-order valence-corrected chi connectivity index (χ3v) is 3.15. The van der Waals surface area contributed by atoms with Gasteiger partial charge in [0.25, 0.3) is 0 Å². The normalized spacial score (nSPS) is 10.8. The van der Waals surface area contributed by atoms with E-state index in [1.807, 2.05) is 48.5 Å². The molecule has 18 heavy (non-hydrogen) atoms. The Morgan fingerprint density at radius 3 is 2.39 bits per heavy atom. The van der Waals surface area contributed by atoms with Crippen LogP contribution in [0.3, 0.4) is 0 Å². The smallest absolute Gasteiger partial charge is 0.161 e. The van der Waals surface area contributed by atoms with Crippen LogP contribution in [0, 0.1) is 6.92 Å². The van der Waals surface area contributed by atoms with Gasteiger partial charge in [-0.15, -0.1) is 0 Å². The van der Waals surface area contributed by atoms with Gasteiger partial charge in [0.1, 0.15) is 5.15 Å². The second-order valence-corrected chi connectivity index (χ2v) is 4.58. The van der Waals surface area contributed by atoms with Crippen LogP contribution >= 0.6 is 11.6 Å². The molecule has 0 aliphatic rings. The van der Waals surface area contributed by atoms with E-state index in [-0.39, 0.29) is 0 Å². The maximum atomic E-state index is 6.19. The lowest BCUT2D eigenvalue weighted by atomic mass is 10.1. The van der Waals surface area contributed by atoms with Crippen LogP contribution < -0.4 is 0 Å². The number of aryl methyl sites for hydroxylation is 1. The standard InChI is InChI=1S/C15H11ClN2/c1-10-6-8-11(9-7-10)15-17-13-5-3-2-4-12(13)14(16)18-15/h2-9H,1H3. The number of nitrogens with zero attached hydrogens (tertiary/aromatic N) is 2. The van der Waals surface area contributed by atoms with E-state index < -0.39 is 0 Å². The fraction of sp³-hybridized carbons (Fsp3) is 0.0667. The van der Waals surface area contributed by atoms with Crippen molar-refractivity contribution in [1.82, 2.24) is 9.97 Å². The van der Waals surface area contributed by atoms with Gasteiger partial charge in [0.05, 0.1) is 5.52 Å². The van der Waals surface area contributed by atoms with Crippen molar-refractivity contribution in [1.29, 1.82) is 0 Å². The van der Waals surface area contributed by atoms with Gasteiger partial charge >= 0.3 is 0 Å². The summed E-state index contributed by atoms with van der Waals surface area (Å²) in [5, 5.41) is 1.38. The van der Waals surface area contributed by atoms with Crippen LogP contribution in [0.25, 0.3) is 22.3 Å². The number of hydrogen-bond donors (Lipinski definition) is 0. The summed E-state index contributed by atoms with van der Waals surface area (Å²) in [6.07, 6.45) is 0. The maximum absolute atomic E-state index is 6.19. The fourth-order valence-electron chi connectivity index (χ4n) is 1.87. The predicted molar refractivity (Wildman–Crippen MR) is 74.7 cm³/mol. The largest absolute Gasteiger partial charge is 0.228 e. The first-order chi connectivity index (χ1) is 8.74. The van der Waals surface area contributed by atoms with Crippen LogP contribution in [-0.4, -0.2) is 9.97 Å². The lowest BCUT2D eigenvalue weighted by Crippen LogP contribution is -1.91. The van der Waals surface area contributed by atoms with Crippen LogP contribution in [0.4, 0.5) is 0 Å². The molecular weight excluding hydrogens is 244 g/mol. The highest BCUT2D eigenvalue weighted by atomic mass is 35.5. The Morgan fingerprint density at radius 1 is 0.889 bits per heavy atom. The number of fused-ring (bicyclic) bond motifs is 1. The third kappa shape index (κ3) is 1.95. The SMILES string of the molecule is Cc1ccc(-c2nc(Cl)c3ccccc3n2)cc1. The summed E-state index contributed by atoms with van der Waals surface area (Å²) in [4.78, 5) is 8.90. The van der Waals surface area contributed by atoms with Crippen molar-refractivity contribution in [3.05, 3.63) is 59.2 Å². The highest BCUT2D eigenvalue weighted by Crippen LogP contribution is 2.24. The van der Waals surface area contributed by atoms with Crippen molar-refractivity contribution in [2.24, 2.45) is 0 Å². The van der Waals surface area contributed by atoms with Gasteiger partial charge in [0, 0.05) is 10.9 Å². The molecule has 1 aromatic heterocycles. The topological polar surface area (TPSA) is 25.8 Å². The quantitative estimate of drug-likeness (QED) is 0.607. The molecule has 0 N–H and O–H groups in total. The van der Waals surface area contributed by atoms with E-state index in [9.17, 15) is 0 Å². The molecule has 0 spiro atoms. The van der Waals surface area contributed by atoms with E-state index in [0.717, 1.165) is 16.5 Å².